The minimum Gasteiger partial charge on any atom is -0.329 e. The van der Waals surface area contributed by atoms with Crippen molar-refractivity contribution < 1.29 is 0 Å². The molecule has 62 valence electrons. The number of halogens is 1. The van der Waals surface area contributed by atoms with Crippen LogP contribution in [0.5, 0.6) is 0 Å². The quantitative estimate of drug-likeness (QED) is 0.571. The lowest BCUT2D eigenvalue weighted by molar-refractivity contribution is 1.23. The third-order valence-electron chi connectivity index (χ3n) is 1.23. The van der Waals surface area contributed by atoms with E-state index in [2.05, 4.69) is 32.8 Å². The molecule has 0 unspecified atom stereocenters. The second-order valence-corrected chi connectivity index (χ2v) is 2.98. The van der Waals surface area contributed by atoms with Gasteiger partial charge >= 0.3 is 0 Å². The average molecular weight is 226 g/mol. The maximum atomic E-state index is 10.8. The zero-order valence-electron chi connectivity index (χ0n) is 6.43. The van der Waals surface area contributed by atoms with Gasteiger partial charge in [0, 0.05) is 29.6 Å². The van der Waals surface area contributed by atoms with E-state index in [1.54, 1.807) is 12.3 Å². The highest BCUT2D eigenvalue weighted by Gasteiger charge is 1.85. The number of aromatic nitrogens is 1. The zero-order valence-corrected chi connectivity index (χ0v) is 8.02. The molecule has 0 fully saturated rings. The molecule has 0 aliphatic carbocycles. The van der Waals surface area contributed by atoms with E-state index in [4.69, 9.17) is 0 Å². The molecule has 1 aromatic heterocycles. The normalized spacial score (nSPS) is 8.75. The van der Waals surface area contributed by atoms with Gasteiger partial charge in [0.1, 0.15) is 0 Å². The molecule has 1 aromatic rings. The summed E-state index contributed by atoms with van der Waals surface area (Å²) in [5.74, 6) is 5.82. The molecule has 0 aliphatic rings. The van der Waals surface area contributed by atoms with Gasteiger partial charge in [-0.05, 0) is 6.07 Å². The second-order valence-electron chi connectivity index (χ2n) is 2.18. The standard InChI is InChI=1S/C9H8BrNO/c10-5-2-1-3-8-4-6-11-9(12)7-8/h4,6-7H,2,5H2,(H,11,12). The predicted molar refractivity (Wildman–Crippen MR) is 52.4 cm³/mol. The number of nitrogens with one attached hydrogen (secondary N) is 1. The SMILES string of the molecule is O=c1cc(C#CCCBr)cc[nH]1. The highest BCUT2D eigenvalue weighted by Crippen LogP contribution is 1.90. The minimum absolute atomic E-state index is 0.111. The van der Waals surface area contributed by atoms with Gasteiger partial charge in [-0.2, -0.15) is 0 Å². The van der Waals surface area contributed by atoms with Gasteiger partial charge in [0.05, 0.1) is 0 Å². The monoisotopic (exact) mass is 225 g/mol. The molecule has 0 atom stereocenters. The summed E-state index contributed by atoms with van der Waals surface area (Å²) < 4.78 is 0. The predicted octanol–water partition coefficient (Wildman–Crippen LogP) is 1.51. The Hall–Kier alpha value is -1.01. The molecular formula is C9H8BrNO. The Morgan fingerprint density at radius 3 is 3.08 bits per heavy atom. The van der Waals surface area contributed by atoms with Gasteiger partial charge in [-0.25, -0.2) is 0 Å². The molecule has 0 spiro atoms. The number of alkyl halides is 1. The van der Waals surface area contributed by atoms with Crippen LogP contribution in [0, 0.1) is 11.8 Å². The van der Waals surface area contributed by atoms with Crippen LogP contribution in [0.3, 0.4) is 0 Å². The molecule has 3 heteroatoms. The number of aromatic amines is 1. The van der Waals surface area contributed by atoms with Crippen LogP contribution < -0.4 is 5.56 Å². The summed E-state index contributed by atoms with van der Waals surface area (Å²) in [6, 6.07) is 3.27. The molecular weight excluding hydrogens is 218 g/mol. The van der Waals surface area contributed by atoms with Crippen LogP contribution in [0.4, 0.5) is 0 Å². The molecule has 0 bridgehead atoms. The van der Waals surface area contributed by atoms with E-state index < -0.39 is 0 Å². The number of hydrogen-bond donors (Lipinski definition) is 1. The number of rotatable bonds is 1. The summed E-state index contributed by atoms with van der Waals surface area (Å²) in [6.07, 6.45) is 2.40. The lowest BCUT2D eigenvalue weighted by Crippen LogP contribution is -2.02. The van der Waals surface area contributed by atoms with Crippen molar-refractivity contribution in [3.05, 3.63) is 34.2 Å². The number of H-pyrrole nitrogens is 1. The zero-order chi connectivity index (χ0) is 8.81. The van der Waals surface area contributed by atoms with Gasteiger partial charge in [-0.1, -0.05) is 27.8 Å². The molecule has 0 saturated carbocycles. The first-order valence-corrected chi connectivity index (χ1v) is 4.68. The molecule has 0 amide bonds. The van der Waals surface area contributed by atoms with Gasteiger partial charge in [0.2, 0.25) is 5.56 Å². The summed E-state index contributed by atoms with van der Waals surface area (Å²) in [5.41, 5.74) is 0.653. The van der Waals surface area contributed by atoms with E-state index >= 15 is 0 Å². The van der Waals surface area contributed by atoms with Crippen LogP contribution >= 0.6 is 15.9 Å². The molecule has 2 nitrogen and oxygen atoms in total. The van der Waals surface area contributed by atoms with Crippen LogP contribution in [0.15, 0.2) is 23.1 Å². The van der Waals surface area contributed by atoms with E-state index in [1.165, 1.54) is 6.07 Å². The van der Waals surface area contributed by atoms with Crippen molar-refractivity contribution in [1.29, 1.82) is 0 Å². The molecule has 1 N–H and O–H groups in total. The maximum absolute atomic E-state index is 10.8. The largest absolute Gasteiger partial charge is 0.329 e. The van der Waals surface area contributed by atoms with Crippen LogP contribution in [0.25, 0.3) is 0 Å². The first kappa shape index (κ1) is 9.08. The molecule has 1 rings (SSSR count). The fourth-order valence-electron chi connectivity index (χ4n) is 0.734. The van der Waals surface area contributed by atoms with Crippen LogP contribution in [0.2, 0.25) is 0 Å². The van der Waals surface area contributed by atoms with Crippen molar-refractivity contribution in [2.75, 3.05) is 5.33 Å². The van der Waals surface area contributed by atoms with Crippen molar-refractivity contribution in [3.63, 3.8) is 0 Å². The first-order valence-electron chi connectivity index (χ1n) is 3.56. The highest BCUT2D eigenvalue weighted by molar-refractivity contribution is 9.09. The summed E-state index contributed by atoms with van der Waals surface area (Å²) in [5, 5.41) is 0.864. The number of pyridine rings is 1. The minimum atomic E-state index is -0.111. The van der Waals surface area contributed by atoms with Crippen molar-refractivity contribution in [2.45, 2.75) is 6.42 Å². The lowest BCUT2D eigenvalue weighted by Gasteiger charge is -1.85. The van der Waals surface area contributed by atoms with Crippen molar-refractivity contribution in [2.24, 2.45) is 0 Å². The Bertz CT molecular complexity index is 359. The first-order chi connectivity index (χ1) is 5.83. The summed E-state index contributed by atoms with van der Waals surface area (Å²) in [7, 11) is 0. The van der Waals surface area contributed by atoms with Crippen LogP contribution in [-0.2, 0) is 0 Å². The Morgan fingerprint density at radius 2 is 2.42 bits per heavy atom. The average Bonchev–Trinajstić information content (AvgIpc) is 2.05. The number of hydrogen-bond acceptors (Lipinski definition) is 1. The molecule has 12 heavy (non-hydrogen) atoms. The van der Waals surface area contributed by atoms with Gasteiger partial charge < -0.3 is 4.98 Å². The molecule has 0 aromatic carbocycles. The maximum Gasteiger partial charge on any atom is 0.249 e. The van der Waals surface area contributed by atoms with Crippen molar-refractivity contribution in [3.8, 4) is 11.8 Å². The smallest absolute Gasteiger partial charge is 0.249 e. The van der Waals surface area contributed by atoms with E-state index in [0.717, 1.165) is 17.3 Å². The van der Waals surface area contributed by atoms with Crippen LogP contribution in [0.1, 0.15) is 12.0 Å². The summed E-state index contributed by atoms with van der Waals surface area (Å²) in [6.45, 7) is 0. The third-order valence-corrected chi connectivity index (χ3v) is 1.62. The van der Waals surface area contributed by atoms with Gasteiger partial charge in [0.25, 0.3) is 0 Å². The molecule has 0 saturated heterocycles. The van der Waals surface area contributed by atoms with E-state index in [0.29, 0.717) is 0 Å². The van der Waals surface area contributed by atoms with E-state index in [-0.39, 0.29) is 5.56 Å². The Balaban J connectivity index is 2.78. The van der Waals surface area contributed by atoms with Crippen molar-refractivity contribution in [1.82, 2.24) is 4.98 Å². The lowest BCUT2D eigenvalue weighted by atomic mass is 10.3. The fraction of sp³-hybridized carbons (Fsp3) is 0.222. The Morgan fingerprint density at radius 1 is 1.58 bits per heavy atom. The fourth-order valence-corrected chi connectivity index (χ4v) is 0.932. The Labute approximate surface area is 79.1 Å². The van der Waals surface area contributed by atoms with E-state index in [9.17, 15) is 4.79 Å². The topological polar surface area (TPSA) is 32.9 Å². The summed E-state index contributed by atoms with van der Waals surface area (Å²) in [4.78, 5) is 13.3. The summed E-state index contributed by atoms with van der Waals surface area (Å²) >= 11 is 3.27. The third kappa shape index (κ3) is 2.93. The Kier molecular flexibility index (Phi) is 3.62. The van der Waals surface area contributed by atoms with Crippen molar-refractivity contribution >= 4 is 15.9 Å². The molecule has 1 heterocycles. The van der Waals surface area contributed by atoms with E-state index in [1.807, 2.05) is 0 Å². The van der Waals surface area contributed by atoms with Crippen LogP contribution in [-0.4, -0.2) is 10.3 Å². The molecule has 0 radical (unpaired) electrons. The second kappa shape index (κ2) is 4.78. The van der Waals surface area contributed by atoms with Gasteiger partial charge in [-0.3, -0.25) is 4.79 Å². The molecule has 0 aliphatic heterocycles. The van der Waals surface area contributed by atoms with Gasteiger partial charge in [-0.15, -0.1) is 0 Å². The van der Waals surface area contributed by atoms with Gasteiger partial charge in [0.15, 0.2) is 0 Å². The highest BCUT2D eigenvalue weighted by atomic mass is 79.9.